The monoisotopic (exact) mass is 328 g/mol. The van der Waals surface area contributed by atoms with Crippen LogP contribution < -0.4 is 4.74 Å². The molecule has 1 heterocycles. The Bertz CT molecular complexity index is 493. The summed E-state index contributed by atoms with van der Waals surface area (Å²) in [5.74, 6) is 0.574. The first-order valence-electron chi connectivity index (χ1n) is 6.71. The first kappa shape index (κ1) is 16.5. The standard InChI is InChI=1S/C14H20N2O3S2/c1-11-10-12(4-5-13(11)20-3)19-14(17)15(2)21-16-6-8-18-9-7-16/h4-5,10H,6-9H2,1-3H3. The van der Waals surface area contributed by atoms with E-state index in [9.17, 15) is 4.79 Å². The number of morpholine rings is 1. The maximum Gasteiger partial charge on any atom is 0.426 e. The molecular weight excluding hydrogens is 308 g/mol. The predicted molar refractivity (Wildman–Crippen MR) is 86.7 cm³/mol. The number of amides is 1. The van der Waals surface area contributed by atoms with Gasteiger partial charge < -0.3 is 9.47 Å². The summed E-state index contributed by atoms with van der Waals surface area (Å²) in [7, 11) is 1.71. The zero-order valence-corrected chi connectivity index (χ0v) is 14.1. The van der Waals surface area contributed by atoms with Crippen molar-refractivity contribution in [3.63, 3.8) is 0 Å². The summed E-state index contributed by atoms with van der Waals surface area (Å²) >= 11 is 3.05. The van der Waals surface area contributed by atoms with Crippen molar-refractivity contribution in [2.75, 3.05) is 39.6 Å². The van der Waals surface area contributed by atoms with Crippen LogP contribution in [0.2, 0.25) is 0 Å². The normalized spacial score (nSPS) is 15.8. The van der Waals surface area contributed by atoms with E-state index in [4.69, 9.17) is 9.47 Å². The summed E-state index contributed by atoms with van der Waals surface area (Å²) in [5.41, 5.74) is 1.11. The third kappa shape index (κ3) is 4.81. The molecule has 1 amide bonds. The molecule has 1 aromatic carbocycles. The van der Waals surface area contributed by atoms with Crippen LogP contribution in [0.4, 0.5) is 4.79 Å². The lowest BCUT2D eigenvalue weighted by Gasteiger charge is -2.28. The second kappa shape index (κ2) is 7.93. The number of hydrogen-bond donors (Lipinski definition) is 0. The maximum atomic E-state index is 12.1. The second-order valence-corrected chi connectivity index (χ2v) is 6.70. The van der Waals surface area contributed by atoms with Crippen LogP contribution in [-0.4, -0.2) is 54.3 Å². The Morgan fingerprint density at radius 2 is 2.10 bits per heavy atom. The number of hydrogen-bond acceptors (Lipinski definition) is 6. The highest BCUT2D eigenvalue weighted by Crippen LogP contribution is 2.25. The first-order valence-corrected chi connectivity index (χ1v) is 8.66. The highest BCUT2D eigenvalue weighted by molar-refractivity contribution is 7.98. The van der Waals surface area contributed by atoms with Crippen LogP contribution >= 0.6 is 23.9 Å². The van der Waals surface area contributed by atoms with Crippen molar-refractivity contribution >= 4 is 30.0 Å². The molecule has 1 saturated heterocycles. The Labute approximate surface area is 134 Å². The van der Waals surface area contributed by atoms with Crippen LogP contribution in [0.25, 0.3) is 0 Å². The van der Waals surface area contributed by atoms with Gasteiger partial charge in [0.1, 0.15) is 5.75 Å². The quantitative estimate of drug-likeness (QED) is 0.625. The van der Waals surface area contributed by atoms with Gasteiger partial charge in [-0.15, -0.1) is 11.8 Å². The van der Waals surface area contributed by atoms with E-state index in [1.165, 1.54) is 21.3 Å². The fourth-order valence-corrected chi connectivity index (χ4v) is 3.26. The van der Waals surface area contributed by atoms with Crippen LogP contribution in [-0.2, 0) is 4.74 Å². The van der Waals surface area contributed by atoms with Gasteiger partial charge in [0.15, 0.2) is 0 Å². The Kier molecular flexibility index (Phi) is 6.22. The molecule has 0 atom stereocenters. The van der Waals surface area contributed by atoms with Crippen LogP contribution in [0.1, 0.15) is 5.56 Å². The molecule has 0 spiro atoms. The van der Waals surface area contributed by atoms with Crippen molar-refractivity contribution in [2.24, 2.45) is 0 Å². The minimum Gasteiger partial charge on any atom is -0.410 e. The minimum absolute atomic E-state index is 0.372. The van der Waals surface area contributed by atoms with E-state index in [2.05, 4.69) is 4.31 Å². The van der Waals surface area contributed by atoms with Crippen LogP contribution in [0.15, 0.2) is 23.1 Å². The van der Waals surface area contributed by atoms with E-state index >= 15 is 0 Å². The summed E-state index contributed by atoms with van der Waals surface area (Å²) in [6, 6.07) is 5.68. The minimum atomic E-state index is -0.372. The molecule has 1 aromatic rings. The molecule has 0 unspecified atom stereocenters. The Morgan fingerprint density at radius 3 is 2.71 bits per heavy atom. The van der Waals surface area contributed by atoms with Gasteiger partial charge in [-0.3, -0.25) is 0 Å². The zero-order valence-electron chi connectivity index (χ0n) is 12.5. The van der Waals surface area contributed by atoms with E-state index < -0.39 is 0 Å². The fraction of sp³-hybridized carbons (Fsp3) is 0.500. The van der Waals surface area contributed by atoms with Gasteiger partial charge in [0.05, 0.1) is 13.2 Å². The lowest BCUT2D eigenvalue weighted by atomic mass is 10.2. The number of carbonyl (C=O) groups is 1. The fourth-order valence-electron chi connectivity index (χ4n) is 1.91. The molecule has 0 radical (unpaired) electrons. The third-order valence-corrected chi connectivity index (χ3v) is 4.92. The van der Waals surface area contributed by atoms with Crippen molar-refractivity contribution in [3.8, 4) is 5.75 Å². The molecule has 0 bridgehead atoms. The van der Waals surface area contributed by atoms with E-state index in [0.29, 0.717) is 19.0 Å². The van der Waals surface area contributed by atoms with Gasteiger partial charge in [0.25, 0.3) is 0 Å². The Balaban J connectivity index is 1.89. The molecule has 5 nitrogen and oxygen atoms in total. The van der Waals surface area contributed by atoms with E-state index in [1.807, 2.05) is 31.4 Å². The molecule has 0 N–H and O–H groups in total. The van der Waals surface area contributed by atoms with Gasteiger partial charge in [-0.25, -0.2) is 13.4 Å². The molecule has 0 saturated carbocycles. The van der Waals surface area contributed by atoms with E-state index in [1.54, 1.807) is 18.8 Å². The maximum absolute atomic E-state index is 12.1. The Hall–Kier alpha value is -0.890. The number of carbonyl (C=O) groups excluding carboxylic acids is 1. The summed E-state index contributed by atoms with van der Waals surface area (Å²) < 4.78 is 14.3. The van der Waals surface area contributed by atoms with Crippen molar-refractivity contribution in [2.45, 2.75) is 11.8 Å². The Morgan fingerprint density at radius 1 is 1.38 bits per heavy atom. The number of ether oxygens (including phenoxy) is 2. The van der Waals surface area contributed by atoms with Gasteiger partial charge in [0.2, 0.25) is 0 Å². The molecule has 21 heavy (non-hydrogen) atoms. The third-order valence-electron chi connectivity index (χ3n) is 3.04. The molecule has 2 rings (SSSR count). The predicted octanol–water partition coefficient (Wildman–Crippen LogP) is 3.04. The number of aryl methyl sites for hydroxylation is 1. The molecule has 7 heteroatoms. The SMILES string of the molecule is CSc1ccc(OC(=O)N(C)SN2CCOCC2)cc1C. The lowest BCUT2D eigenvalue weighted by Crippen LogP contribution is -2.36. The molecular formula is C14H20N2O3S2. The molecule has 116 valence electrons. The average Bonchev–Trinajstić information content (AvgIpc) is 2.48. The van der Waals surface area contributed by atoms with Crippen LogP contribution in [0.3, 0.4) is 0 Å². The smallest absolute Gasteiger partial charge is 0.410 e. The molecule has 1 fully saturated rings. The summed E-state index contributed by atoms with van der Waals surface area (Å²) in [6.45, 7) is 5.03. The van der Waals surface area contributed by atoms with Gasteiger partial charge in [-0.2, -0.15) is 0 Å². The number of rotatable bonds is 4. The molecule has 1 aliphatic rings. The number of nitrogens with zero attached hydrogens (tertiary/aromatic N) is 2. The highest BCUT2D eigenvalue weighted by Gasteiger charge is 2.19. The number of thioether (sulfide) groups is 1. The molecule has 0 aliphatic carbocycles. The highest BCUT2D eigenvalue weighted by atomic mass is 32.2. The van der Waals surface area contributed by atoms with Crippen molar-refractivity contribution in [1.29, 1.82) is 0 Å². The van der Waals surface area contributed by atoms with Crippen molar-refractivity contribution < 1.29 is 14.3 Å². The topological polar surface area (TPSA) is 42.0 Å². The van der Waals surface area contributed by atoms with Gasteiger partial charge in [-0.05, 0) is 36.9 Å². The van der Waals surface area contributed by atoms with Crippen LogP contribution in [0.5, 0.6) is 5.75 Å². The molecule has 0 aromatic heterocycles. The van der Waals surface area contributed by atoms with Gasteiger partial charge in [-0.1, -0.05) is 0 Å². The van der Waals surface area contributed by atoms with E-state index in [0.717, 1.165) is 18.7 Å². The average molecular weight is 328 g/mol. The lowest BCUT2D eigenvalue weighted by molar-refractivity contribution is 0.0759. The summed E-state index contributed by atoms with van der Waals surface area (Å²) in [6.07, 6.45) is 1.66. The van der Waals surface area contributed by atoms with Crippen molar-refractivity contribution in [3.05, 3.63) is 23.8 Å². The second-order valence-electron chi connectivity index (χ2n) is 4.62. The largest absolute Gasteiger partial charge is 0.426 e. The molecule has 1 aliphatic heterocycles. The summed E-state index contributed by atoms with van der Waals surface area (Å²) in [5, 5.41) is 0. The van der Waals surface area contributed by atoms with Gasteiger partial charge >= 0.3 is 6.09 Å². The van der Waals surface area contributed by atoms with Crippen LogP contribution in [0, 0.1) is 6.92 Å². The number of benzene rings is 1. The summed E-state index contributed by atoms with van der Waals surface area (Å²) in [4.78, 5) is 13.3. The van der Waals surface area contributed by atoms with Gasteiger partial charge in [0, 0.05) is 37.2 Å². The first-order chi connectivity index (χ1) is 10.1. The zero-order chi connectivity index (χ0) is 15.2. The van der Waals surface area contributed by atoms with E-state index in [-0.39, 0.29) is 6.09 Å². The van der Waals surface area contributed by atoms with Crippen molar-refractivity contribution in [1.82, 2.24) is 8.61 Å².